The first-order chi connectivity index (χ1) is 9.76. The minimum absolute atomic E-state index is 0.0568. The highest BCUT2D eigenvalue weighted by atomic mass is 35.5. The molecule has 5 nitrogen and oxygen atoms in total. The van der Waals surface area contributed by atoms with E-state index in [9.17, 15) is 4.79 Å². The van der Waals surface area contributed by atoms with E-state index in [0.717, 1.165) is 19.4 Å². The highest BCUT2D eigenvalue weighted by molar-refractivity contribution is 6.33. The maximum atomic E-state index is 12.5. The normalized spacial score (nSPS) is 12.1. The molecule has 6 heteroatoms. The van der Waals surface area contributed by atoms with Crippen molar-refractivity contribution in [3.63, 3.8) is 0 Å². The smallest absolute Gasteiger partial charge is 0.182 e. The van der Waals surface area contributed by atoms with Gasteiger partial charge in [-0.25, -0.2) is 0 Å². The number of nitrogens with zero attached hydrogens (tertiary/aromatic N) is 3. The Bertz CT molecular complexity index is 468. The molecule has 0 aliphatic carbocycles. The van der Waals surface area contributed by atoms with Crippen LogP contribution in [0.4, 0.5) is 0 Å². The molecule has 0 aromatic carbocycles. The molecule has 0 saturated carbocycles. The van der Waals surface area contributed by atoms with Crippen molar-refractivity contribution in [2.24, 2.45) is 11.1 Å². The van der Waals surface area contributed by atoms with Crippen LogP contribution >= 0.6 is 11.6 Å². The number of likely N-dealkylation sites (N-methyl/N-ethyl adjacent to an activating group) is 1. The Labute approximate surface area is 132 Å². The van der Waals surface area contributed by atoms with Gasteiger partial charge in [0.05, 0.1) is 17.8 Å². The van der Waals surface area contributed by atoms with Gasteiger partial charge in [-0.05, 0) is 38.9 Å². The summed E-state index contributed by atoms with van der Waals surface area (Å²) >= 11 is 6.13. The lowest BCUT2D eigenvalue weighted by molar-refractivity contribution is 0.0950. The van der Waals surface area contributed by atoms with Crippen molar-refractivity contribution in [2.75, 3.05) is 27.2 Å². The third-order valence-corrected chi connectivity index (χ3v) is 3.94. The Morgan fingerprint density at radius 2 is 2.10 bits per heavy atom. The van der Waals surface area contributed by atoms with Crippen molar-refractivity contribution in [1.82, 2.24) is 14.7 Å². The summed E-state index contributed by atoms with van der Waals surface area (Å²) in [5.74, 6) is 0.0568. The minimum Gasteiger partial charge on any atom is -0.330 e. The molecule has 0 spiro atoms. The molecule has 120 valence electrons. The zero-order valence-electron chi connectivity index (χ0n) is 13.5. The SMILES string of the molecule is CN(C)CCn1ncc(Cl)c1C(=O)CCC(C)(C)CCN. The lowest BCUT2D eigenvalue weighted by atomic mass is 9.83. The number of rotatable bonds is 9. The molecule has 1 aromatic heterocycles. The lowest BCUT2D eigenvalue weighted by Crippen LogP contribution is -2.22. The van der Waals surface area contributed by atoms with Gasteiger partial charge in [-0.2, -0.15) is 5.10 Å². The van der Waals surface area contributed by atoms with Crippen molar-refractivity contribution in [3.05, 3.63) is 16.9 Å². The van der Waals surface area contributed by atoms with Crippen LogP contribution < -0.4 is 5.73 Å². The standard InChI is InChI=1S/C15H27ClN4O/c1-15(2,7-8-17)6-5-13(21)14-12(16)11-18-20(14)10-9-19(3)4/h11H,5-10,17H2,1-4H3. The van der Waals surface area contributed by atoms with Gasteiger partial charge in [-0.15, -0.1) is 0 Å². The molecule has 0 atom stereocenters. The Kier molecular flexibility index (Phi) is 6.84. The van der Waals surface area contributed by atoms with Crippen molar-refractivity contribution < 1.29 is 4.79 Å². The van der Waals surface area contributed by atoms with E-state index in [1.807, 2.05) is 19.0 Å². The van der Waals surface area contributed by atoms with E-state index in [2.05, 4.69) is 18.9 Å². The van der Waals surface area contributed by atoms with Crippen LogP contribution in [0.15, 0.2) is 6.20 Å². The second kappa shape index (κ2) is 7.92. The number of halogens is 1. The second-order valence-electron chi connectivity index (χ2n) is 6.49. The summed E-state index contributed by atoms with van der Waals surface area (Å²) in [6.07, 6.45) is 3.74. The largest absolute Gasteiger partial charge is 0.330 e. The summed E-state index contributed by atoms with van der Waals surface area (Å²) in [7, 11) is 3.98. The summed E-state index contributed by atoms with van der Waals surface area (Å²) in [5.41, 5.74) is 6.21. The average molecular weight is 315 g/mol. The molecule has 1 rings (SSSR count). The molecule has 0 unspecified atom stereocenters. The Hall–Kier alpha value is -0.910. The van der Waals surface area contributed by atoms with Crippen molar-refractivity contribution in [2.45, 2.75) is 39.7 Å². The molecule has 1 heterocycles. The number of carbonyl (C=O) groups is 1. The third-order valence-electron chi connectivity index (χ3n) is 3.67. The van der Waals surface area contributed by atoms with Crippen molar-refractivity contribution in [3.8, 4) is 0 Å². The van der Waals surface area contributed by atoms with Crippen LogP contribution in [-0.2, 0) is 6.54 Å². The van der Waals surface area contributed by atoms with Gasteiger partial charge in [0.1, 0.15) is 5.69 Å². The van der Waals surface area contributed by atoms with Gasteiger partial charge in [0.25, 0.3) is 0 Å². The van der Waals surface area contributed by atoms with Crippen LogP contribution in [0.25, 0.3) is 0 Å². The number of hydrogen-bond acceptors (Lipinski definition) is 4. The molecular weight excluding hydrogens is 288 g/mol. The van der Waals surface area contributed by atoms with Crippen LogP contribution in [0, 0.1) is 5.41 Å². The van der Waals surface area contributed by atoms with Gasteiger partial charge in [-0.3, -0.25) is 9.48 Å². The summed E-state index contributed by atoms with van der Waals surface area (Å²) < 4.78 is 1.71. The number of hydrogen-bond donors (Lipinski definition) is 1. The van der Waals surface area contributed by atoms with E-state index in [1.54, 1.807) is 10.9 Å². The highest BCUT2D eigenvalue weighted by Crippen LogP contribution is 2.28. The fraction of sp³-hybridized carbons (Fsp3) is 0.733. The van der Waals surface area contributed by atoms with E-state index < -0.39 is 0 Å². The van der Waals surface area contributed by atoms with Crippen LogP contribution in [0.1, 0.15) is 43.6 Å². The molecule has 0 amide bonds. The van der Waals surface area contributed by atoms with Gasteiger partial charge in [-0.1, -0.05) is 25.4 Å². The first kappa shape index (κ1) is 18.1. The quantitative estimate of drug-likeness (QED) is 0.711. The molecular formula is C15H27ClN4O. The first-order valence-corrected chi connectivity index (χ1v) is 7.74. The van der Waals surface area contributed by atoms with Crippen molar-refractivity contribution in [1.29, 1.82) is 0 Å². The Morgan fingerprint density at radius 1 is 1.43 bits per heavy atom. The van der Waals surface area contributed by atoms with Gasteiger partial charge in [0.2, 0.25) is 0 Å². The Morgan fingerprint density at radius 3 is 2.67 bits per heavy atom. The van der Waals surface area contributed by atoms with Gasteiger partial charge in [0, 0.05) is 13.0 Å². The third kappa shape index (κ3) is 5.77. The number of ketones is 1. The average Bonchev–Trinajstić information content (AvgIpc) is 2.75. The predicted molar refractivity (Wildman–Crippen MR) is 86.8 cm³/mol. The van der Waals surface area contributed by atoms with E-state index in [4.69, 9.17) is 17.3 Å². The maximum Gasteiger partial charge on any atom is 0.182 e. The number of Topliss-reactive ketones (excluding diaryl/α,β-unsaturated/α-hetero) is 1. The molecule has 0 aliphatic heterocycles. The molecule has 1 aromatic rings. The second-order valence-corrected chi connectivity index (χ2v) is 6.90. The predicted octanol–water partition coefficient (Wildman–Crippen LogP) is 2.44. The Balaban J connectivity index is 2.71. The summed E-state index contributed by atoms with van der Waals surface area (Å²) in [6, 6.07) is 0. The van der Waals surface area contributed by atoms with E-state index in [0.29, 0.717) is 30.2 Å². The van der Waals surface area contributed by atoms with Crippen LogP contribution in [0.3, 0.4) is 0 Å². The van der Waals surface area contributed by atoms with Crippen LogP contribution in [-0.4, -0.2) is 47.6 Å². The summed E-state index contributed by atoms with van der Waals surface area (Å²) in [6.45, 7) is 6.39. The zero-order valence-corrected chi connectivity index (χ0v) is 14.3. The van der Waals surface area contributed by atoms with E-state index >= 15 is 0 Å². The lowest BCUT2D eigenvalue weighted by Gasteiger charge is -2.23. The fourth-order valence-electron chi connectivity index (χ4n) is 2.19. The molecule has 21 heavy (non-hydrogen) atoms. The minimum atomic E-state index is 0.0568. The monoisotopic (exact) mass is 314 g/mol. The van der Waals surface area contributed by atoms with Crippen molar-refractivity contribution >= 4 is 17.4 Å². The van der Waals surface area contributed by atoms with Gasteiger partial charge < -0.3 is 10.6 Å². The molecule has 0 bridgehead atoms. The fourth-order valence-corrected chi connectivity index (χ4v) is 2.44. The molecule has 0 fully saturated rings. The summed E-state index contributed by atoms with van der Waals surface area (Å²) in [5, 5.41) is 4.65. The number of aromatic nitrogens is 2. The van der Waals surface area contributed by atoms with E-state index in [1.165, 1.54) is 0 Å². The molecule has 0 radical (unpaired) electrons. The molecule has 2 N–H and O–H groups in total. The maximum absolute atomic E-state index is 12.5. The van der Waals surface area contributed by atoms with Gasteiger partial charge in [0.15, 0.2) is 5.78 Å². The first-order valence-electron chi connectivity index (χ1n) is 7.36. The number of carbonyl (C=O) groups excluding carboxylic acids is 1. The topological polar surface area (TPSA) is 64.2 Å². The highest BCUT2D eigenvalue weighted by Gasteiger charge is 2.22. The van der Waals surface area contributed by atoms with Crippen LogP contribution in [0.2, 0.25) is 5.02 Å². The number of nitrogens with two attached hydrogens (primary N) is 1. The van der Waals surface area contributed by atoms with E-state index in [-0.39, 0.29) is 11.2 Å². The van der Waals surface area contributed by atoms with Crippen LogP contribution in [0.5, 0.6) is 0 Å². The van der Waals surface area contributed by atoms with Gasteiger partial charge >= 0.3 is 0 Å². The zero-order chi connectivity index (χ0) is 16.0. The summed E-state index contributed by atoms with van der Waals surface area (Å²) in [4.78, 5) is 14.5. The molecule has 0 saturated heterocycles. The molecule has 0 aliphatic rings.